The van der Waals surface area contributed by atoms with Crippen LogP contribution in [0.1, 0.15) is 21.6 Å². The molecular formula is C18H17N3O2. The lowest BCUT2D eigenvalue weighted by molar-refractivity contribution is 0.101. The molecule has 1 amide bonds. The number of nitrogens with one attached hydrogen (secondary N) is 1. The smallest absolute Gasteiger partial charge is 0.280 e. The predicted octanol–water partition coefficient (Wildman–Crippen LogP) is 2.80. The first-order valence-corrected chi connectivity index (χ1v) is 7.31. The van der Waals surface area contributed by atoms with Crippen molar-refractivity contribution < 1.29 is 4.79 Å². The Balaban J connectivity index is 2.05. The van der Waals surface area contributed by atoms with Crippen molar-refractivity contribution in [2.45, 2.75) is 13.8 Å². The highest BCUT2D eigenvalue weighted by atomic mass is 16.2. The van der Waals surface area contributed by atoms with Crippen LogP contribution < -0.4 is 10.7 Å². The molecule has 1 N–H and O–H groups in total. The highest BCUT2D eigenvalue weighted by molar-refractivity contribution is 6.04. The fourth-order valence-electron chi connectivity index (χ4n) is 2.47. The molecule has 0 aliphatic carbocycles. The summed E-state index contributed by atoms with van der Waals surface area (Å²) >= 11 is 0. The second-order valence-electron chi connectivity index (χ2n) is 5.64. The molecule has 1 aromatic heterocycles. The van der Waals surface area contributed by atoms with Crippen molar-refractivity contribution >= 4 is 22.5 Å². The van der Waals surface area contributed by atoms with Gasteiger partial charge in [0.25, 0.3) is 5.91 Å². The summed E-state index contributed by atoms with van der Waals surface area (Å²) in [5.41, 5.74) is 2.93. The molecule has 0 aliphatic rings. The van der Waals surface area contributed by atoms with Crippen molar-refractivity contribution in [1.82, 2.24) is 9.78 Å². The van der Waals surface area contributed by atoms with Gasteiger partial charge in [-0.1, -0.05) is 29.3 Å². The van der Waals surface area contributed by atoms with Crippen molar-refractivity contribution in [3.8, 4) is 0 Å². The van der Waals surface area contributed by atoms with Crippen LogP contribution in [0.2, 0.25) is 0 Å². The largest absolute Gasteiger partial charge is 0.320 e. The van der Waals surface area contributed by atoms with Gasteiger partial charge < -0.3 is 5.32 Å². The zero-order valence-electron chi connectivity index (χ0n) is 13.3. The quantitative estimate of drug-likeness (QED) is 0.792. The van der Waals surface area contributed by atoms with E-state index in [9.17, 15) is 9.59 Å². The Kier molecular flexibility index (Phi) is 3.70. The third-order valence-electron chi connectivity index (χ3n) is 3.73. The number of hydrogen-bond donors (Lipinski definition) is 1. The van der Waals surface area contributed by atoms with E-state index in [1.165, 1.54) is 0 Å². The Bertz CT molecular complexity index is 956. The van der Waals surface area contributed by atoms with Crippen LogP contribution in [-0.4, -0.2) is 15.7 Å². The number of amides is 1. The van der Waals surface area contributed by atoms with Crippen molar-refractivity contribution in [1.29, 1.82) is 0 Å². The molecule has 0 bridgehead atoms. The molecule has 0 atom stereocenters. The summed E-state index contributed by atoms with van der Waals surface area (Å²) in [6.45, 7) is 3.87. The lowest BCUT2D eigenvalue weighted by Crippen LogP contribution is -2.26. The van der Waals surface area contributed by atoms with Crippen LogP contribution in [0.25, 0.3) is 10.9 Å². The van der Waals surface area contributed by atoms with E-state index in [0.717, 1.165) is 11.1 Å². The average Bonchev–Trinajstić information content (AvgIpc) is 2.53. The number of rotatable bonds is 2. The molecule has 23 heavy (non-hydrogen) atoms. The second-order valence-corrected chi connectivity index (χ2v) is 5.64. The second kappa shape index (κ2) is 5.68. The summed E-state index contributed by atoms with van der Waals surface area (Å²) in [6.07, 6.45) is 0. The van der Waals surface area contributed by atoms with E-state index in [1.54, 1.807) is 29.9 Å². The number of nitrogens with zero attached hydrogens (tertiary/aromatic N) is 2. The fraction of sp³-hybridized carbons (Fsp3) is 0.167. The van der Waals surface area contributed by atoms with Gasteiger partial charge in [-0.2, -0.15) is 5.10 Å². The third kappa shape index (κ3) is 2.85. The number of carbonyl (C=O) groups excluding carboxylic acids is 1. The van der Waals surface area contributed by atoms with E-state index in [-0.39, 0.29) is 11.1 Å². The molecule has 5 heteroatoms. The van der Waals surface area contributed by atoms with Gasteiger partial charge in [0.05, 0.1) is 10.9 Å². The van der Waals surface area contributed by atoms with E-state index >= 15 is 0 Å². The van der Waals surface area contributed by atoms with Gasteiger partial charge in [-0.3, -0.25) is 14.3 Å². The van der Waals surface area contributed by atoms with E-state index in [1.807, 2.05) is 38.1 Å². The minimum atomic E-state index is -0.502. The predicted molar refractivity (Wildman–Crippen MR) is 90.9 cm³/mol. The number of hydrogen-bond acceptors (Lipinski definition) is 3. The maximum atomic E-state index is 12.6. The molecule has 1 heterocycles. The summed E-state index contributed by atoms with van der Waals surface area (Å²) in [5.74, 6) is -0.502. The van der Waals surface area contributed by atoms with Gasteiger partial charge in [0.15, 0.2) is 5.69 Å². The van der Waals surface area contributed by atoms with Crippen LogP contribution in [-0.2, 0) is 7.05 Å². The molecule has 0 fully saturated rings. The topological polar surface area (TPSA) is 64.0 Å². The summed E-state index contributed by atoms with van der Waals surface area (Å²) in [6, 6.07) is 12.9. The molecule has 0 radical (unpaired) electrons. The SMILES string of the molecule is Cc1ccc(NC(=O)c2nn(C)c3ccc(C)cc3c2=O)cc1. The lowest BCUT2D eigenvalue weighted by Gasteiger charge is -2.09. The standard InChI is InChI=1S/C18H17N3O2/c1-11-4-7-13(8-5-11)19-18(23)16-17(22)14-10-12(2)6-9-15(14)21(3)20-16/h4-10H,1-3H3,(H,19,23). The monoisotopic (exact) mass is 307 g/mol. The third-order valence-corrected chi connectivity index (χ3v) is 3.73. The normalized spacial score (nSPS) is 10.7. The molecule has 0 saturated heterocycles. The molecule has 2 aromatic carbocycles. The van der Waals surface area contributed by atoms with Crippen LogP contribution >= 0.6 is 0 Å². The Hall–Kier alpha value is -2.95. The minimum Gasteiger partial charge on any atom is -0.320 e. The molecular weight excluding hydrogens is 290 g/mol. The average molecular weight is 307 g/mol. The van der Waals surface area contributed by atoms with Crippen LogP contribution in [0.4, 0.5) is 5.69 Å². The number of anilines is 1. The highest BCUT2D eigenvalue weighted by Crippen LogP contribution is 2.13. The van der Waals surface area contributed by atoms with Crippen LogP contribution in [0.3, 0.4) is 0 Å². The summed E-state index contributed by atoms with van der Waals surface area (Å²) in [7, 11) is 1.72. The number of fused-ring (bicyclic) bond motifs is 1. The molecule has 3 aromatic rings. The number of aryl methyl sites for hydroxylation is 3. The van der Waals surface area contributed by atoms with Crippen molar-refractivity contribution in [3.63, 3.8) is 0 Å². The molecule has 116 valence electrons. The molecule has 0 spiro atoms. The summed E-state index contributed by atoms with van der Waals surface area (Å²) in [4.78, 5) is 25.0. The molecule has 0 unspecified atom stereocenters. The minimum absolute atomic E-state index is 0.105. The molecule has 0 saturated carbocycles. The van der Waals surface area contributed by atoms with Crippen LogP contribution in [0.15, 0.2) is 47.3 Å². The van der Waals surface area contributed by atoms with E-state index < -0.39 is 5.91 Å². The van der Waals surface area contributed by atoms with E-state index in [0.29, 0.717) is 16.6 Å². The summed E-state index contributed by atoms with van der Waals surface area (Å²) < 4.78 is 1.56. The van der Waals surface area contributed by atoms with Crippen molar-refractivity contribution in [2.75, 3.05) is 5.32 Å². The Morgan fingerprint density at radius 2 is 1.70 bits per heavy atom. The van der Waals surface area contributed by atoms with Crippen LogP contribution in [0, 0.1) is 13.8 Å². The highest BCUT2D eigenvalue weighted by Gasteiger charge is 2.16. The first-order valence-electron chi connectivity index (χ1n) is 7.31. The van der Waals surface area contributed by atoms with Gasteiger partial charge in [0.1, 0.15) is 0 Å². The Morgan fingerprint density at radius 1 is 1.04 bits per heavy atom. The molecule has 3 rings (SSSR count). The number of benzene rings is 2. The van der Waals surface area contributed by atoms with Crippen LogP contribution in [0.5, 0.6) is 0 Å². The lowest BCUT2D eigenvalue weighted by atomic mass is 10.1. The van der Waals surface area contributed by atoms with Crippen molar-refractivity contribution in [2.24, 2.45) is 7.05 Å². The zero-order chi connectivity index (χ0) is 16.6. The number of carbonyl (C=O) groups is 1. The maximum absolute atomic E-state index is 12.6. The van der Waals surface area contributed by atoms with Gasteiger partial charge >= 0.3 is 0 Å². The Labute approximate surface area is 133 Å². The molecule has 0 aliphatic heterocycles. The fourth-order valence-corrected chi connectivity index (χ4v) is 2.47. The summed E-state index contributed by atoms with van der Waals surface area (Å²) in [5, 5.41) is 7.35. The molecule has 5 nitrogen and oxygen atoms in total. The van der Waals surface area contributed by atoms with Gasteiger partial charge in [0, 0.05) is 12.7 Å². The first-order chi connectivity index (χ1) is 11.0. The first kappa shape index (κ1) is 15.0. The van der Waals surface area contributed by atoms with Crippen molar-refractivity contribution in [3.05, 3.63) is 69.5 Å². The maximum Gasteiger partial charge on any atom is 0.280 e. The Morgan fingerprint density at radius 3 is 2.39 bits per heavy atom. The van der Waals surface area contributed by atoms with E-state index in [4.69, 9.17) is 0 Å². The zero-order valence-corrected chi connectivity index (χ0v) is 13.3. The number of aromatic nitrogens is 2. The van der Waals surface area contributed by atoms with Gasteiger partial charge in [-0.25, -0.2) is 0 Å². The van der Waals surface area contributed by atoms with Gasteiger partial charge in [-0.05, 0) is 38.1 Å². The van der Waals surface area contributed by atoms with Gasteiger partial charge in [0.2, 0.25) is 5.43 Å². The van der Waals surface area contributed by atoms with Gasteiger partial charge in [-0.15, -0.1) is 0 Å². The van der Waals surface area contributed by atoms with E-state index in [2.05, 4.69) is 10.4 Å².